The molecule has 54 heavy (non-hydrogen) atoms. The molecule has 0 bridgehead atoms. The number of carbonyl (C=O) groups excluding carboxylic acids is 1. The molecular weight excluding hydrogens is 657 g/mol. The van der Waals surface area contributed by atoms with E-state index in [1.54, 1.807) is 111 Å². The summed E-state index contributed by atoms with van der Waals surface area (Å²) in [6.45, 7) is 0. The fourth-order valence-electron chi connectivity index (χ4n) is 17.6. The van der Waals surface area contributed by atoms with Gasteiger partial charge in [0.25, 0.3) is 0 Å². The summed E-state index contributed by atoms with van der Waals surface area (Å²) < 4.78 is 5.31. The Labute approximate surface area is 309 Å². The number of hydrogen-bond donors (Lipinski definition) is 0. The molecule has 10 aliphatic carbocycles. The Balaban J connectivity index is 1.18. The van der Waals surface area contributed by atoms with Crippen LogP contribution in [0.3, 0.4) is 0 Å². The second kappa shape index (κ2) is 6.97. The minimum Gasteiger partial charge on any atom is -0.469 e. The maximum absolute atomic E-state index is 12.9. The maximum Gasteiger partial charge on any atom is 0.305 e. The number of hydrogen-bond acceptors (Lipinski definition) is 2. The number of methoxy groups -OCH3 is 1. The Hall–Kier alpha value is -5.47. The van der Waals surface area contributed by atoms with Crippen LogP contribution in [-0.4, -0.2) is 13.1 Å². The fourth-order valence-corrected chi connectivity index (χ4v) is 17.6. The van der Waals surface area contributed by atoms with Crippen LogP contribution in [0.4, 0.5) is 0 Å². The van der Waals surface area contributed by atoms with Crippen LogP contribution in [0, 0.1) is 11.3 Å². The highest BCUT2D eigenvalue weighted by Crippen LogP contribution is 2.97. The maximum atomic E-state index is 12.9. The summed E-state index contributed by atoms with van der Waals surface area (Å²) in [6, 6.07) is 21.8. The van der Waals surface area contributed by atoms with Crippen molar-refractivity contribution < 1.29 is 9.53 Å². The number of fused-ring (bicyclic) bond motifs is 3. The van der Waals surface area contributed by atoms with Crippen LogP contribution in [-0.2, 0) is 20.4 Å². The lowest BCUT2D eigenvalue weighted by Crippen LogP contribution is -2.27. The molecule has 0 N–H and O–H groups in total. The molecular formula is C52H30O2. The predicted molar refractivity (Wildman–Crippen MR) is 214 cm³/mol. The molecule has 0 amide bonds. The molecule has 0 radical (unpaired) electrons. The van der Waals surface area contributed by atoms with Crippen LogP contribution in [0.15, 0.2) is 95.6 Å². The zero-order valence-corrected chi connectivity index (χ0v) is 29.7. The number of ether oxygens (including phenoxy) is 1. The third-order valence-corrected chi connectivity index (χ3v) is 18.2. The molecule has 10 aliphatic rings. The zero-order valence-electron chi connectivity index (χ0n) is 29.7. The molecule has 1 saturated carbocycles. The van der Waals surface area contributed by atoms with Crippen LogP contribution in [0.25, 0.3) is 75.8 Å². The van der Waals surface area contributed by atoms with Crippen molar-refractivity contribution in [3.05, 3.63) is 140 Å². The molecule has 0 aromatic heterocycles. The topological polar surface area (TPSA) is 26.3 Å². The first-order valence-electron chi connectivity index (χ1n) is 20.5. The highest BCUT2D eigenvalue weighted by Gasteiger charge is 2.94. The number of benzene rings is 6. The average Bonchev–Trinajstić information content (AvgIpc) is 3.86. The SMILES string of the molecule is COC(=O)CCCC1(c2ccccc2)C23C4=C5C=CC6C7CCC8c9c7c7c%10c(c%11c%12c%13c(ccc%14c%15ccc8c8c9c%10c%11c(c%13%14)c%158)=C(C=C4)C%1221)C3=C5C76. The van der Waals surface area contributed by atoms with Gasteiger partial charge in [-0.15, -0.1) is 0 Å². The van der Waals surface area contributed by atoms with Gasteiger partial charge in [-0.1, -0.05) is 78.9 Å². The largest absolute Gasteiger partial charge is 0.469 e. The van der Waals surface area contributed by atoms with Gasteiger partial charge in [-0.25, -0.2) is 0 Å². The molecule has 8 aromatic carbocycles. The van der Waals surface area contributed by atoms with Crippen molar-refractivity contribution in [3.8, 4) is 0 Å². The van der Waals surface area contributed by atoms with Gasteiger partial charge in [0.2, 0.25) is 0 Å². The summed E-state index contributed by atoms with van der Waals surface area (Å²) in [6.07, 6.45) is 15.3. The van der Waals surface area contributed by atoms with E-state index in [2.05, 4.69) is 78.9 Å². The molecule has 2 nitrogen and oxygen atoms in total. The van der Waals surface area contributed by atoms with Crippen molar-refractivity contribution in [1.29, 1.82) is 0 Å². The van der Waals surface area contributed by atoms with Gasteiger partial charge in [0.1, 0.15) is 0 Å². The molecule has 2 heteroatoms. The van der Waals surface area contributed by atoms with Crippen LogP contribution in [0.2, 0.25) is 0 Å². The second-order valence-electron chi connectivity index (χ2n) is 18.8. The third kappa shape index (κ3) is 1.80. The number of carbonyl (C=O) groups is 1. The summed E-state index contributed by atoms with van der Waals surface area (Å²) >= 11 is 0. The zero-order chi connectivity index (χ0) is 34.3. The summed E-state index contributed by atoms with van der Waals surface area (Å²) in [4.78, 5) is 12.9. The van der Waals surface area contributed by atoms with Gasteiger partial charge in [-0.3, -0.25) is 4.79 Å². The average molecular weight is 687 g/mol. The van der Waals surface area contributed by atoms with Crippen LogP contribution >= 0.6 is 0 Å². The fraction of sp³-hybridized carbons (Fsp3) is 0.250. The molecule has 7 unspecified atom stereocenters. The van der Waals surface area contributed by atoms with E-state index in [1.807, 2.05) is 0 Å². The first kappa shape index (κ1) is 25.5. The van der Waals surface area contributed by atoms with E-state index < -0.39 is 0 Å². The Bertz CT molecular complexity index is 3610. The van der Waals surface area contributed by atoms with E-state index in [4.69, 9.17) is 4.74 Å². The van der Waals surface area contributed by atoms with Crippen LogP contribution in [0.1, 0.15) is 88.8 Å². The van der Waals surface area contributed by atoms with E-state index in [0.29, 0.717) is 30.1 Å². The third-order valence-electron chi connectivity index (χ3n) is 18.2. The van der Waals surface area contributed by atoms with E-state index >= 15 is 0 Å². The number of rotatable bonds is 5. The van der Waals surface area contributed by atoms with Crippen molar-refractivity contribution >= 4 is 81.8 Å². The Morgan fingerprint density at radius 3 is 2.44 bits per heavy atom. The highest BCUT2D eigenvalue weighted by atomic mass is 16.5. The van der Waals surface area contributed by atoms with Crippen LogP contribution in [0.5, 0.6) is 0 Å². The van der Waals surface area contributed by atoms with Gasteiger partial charge in [-0.05, 0) is 174 Å². The van der Waals surface area contributed by atoms with Gasteiger partial charge in [0.05, 0.1) is 7.11 Å². The van der Waals surface area contributed by atoms with Gasteiger partial charge in [-0.2, -0.15) is 0 Å². The standard InChI is InChI=1S/C52H30O2/c1-54-31(53)8-5-19-50(20-6-3-2-4-7-20)51-29-17-18-30-28-16-14-26-24-12-10-22-21-9-11-23-25-13-15-27(29)38-36(25)41-34(23)32(21)40-33(22)35(24)42-37(26)39(28)49(52(30,50)51)47-45(42)43(40)44(41)46(47)48(38)51/h2-4,6-7,9,11,13-18,22,24,26,37H,5,8,10,12,19H2,1H3. The van der Waals surface area contributed by atoms with Gasteiger partial charge >= 0.3 is 5.97 Å². The van der Waals surface area contributed by atoms with Crippen molar-refractivity contribution in [2.75, 3.05) is 7.11 Å². The van der Waals surface area contributed by atoms with Crippen molar-refractivity contribution in [3.63, 3.8) is 0 Å². The summed E-state index contributed by atoms with van der Waals surface area (Å²) in [5, 5.41) is 20.5. The summed E-state index contributed by atoms with van der Waals surface area (Å²) in [7, 11) is 1.55. The van der Waals surface area contributed by atoms with E-state index in [-0.39, 0.29) is 22.2 Å². The minimum atomic E-state index is -0.226. The molecule has 0 saturated heterocycles. The van der Waals surface area contributed by atoms with Crippen LogP contribution < -0.4 is 5.22 Å². The number of allylic oxidation sites excluding steroid dienone is 8. The first-order valence-corrected chi connectivity index (χ1v) is 20.5. The normalized spacial score (nSPS) is 33.3. The number of esters is 1. The van der Waals surface area contributed by atoms with E-state index in [1.165, 1.54) is 45.5 Å². The molecule has 1 fully saturated rings. The van der Waals surface area contributed by atoms with Crippen molar-refractivity contribution in [1.82, 2.24) is 0 Å². The second-order valence-corrected chi connectivity index (χ2v) is 18.8. The first-order chi connectivity index (χ1) is 26.7. The summed E-state index contributed by atoms with van der Waals surface area (Å²) in [5.74, 6) is 2.01. The molecule has 18 rings (SSSR count). The minimum absolute atomic E-state index is 0.0950. The summed E-state index contributed by atoms with van der Waals surface area (Å²) in [5.41, 5.74) is 19.0. The van der Waals surface area contributed by atoms with E-state index in [9.17, 15) is 4.79 Å². The molecule has 8 aromatic rings. The van der Waals surface area contributed by atoms with Gasteiger partial charge in [0, 0.05) is 34.5 Å². The molecule has 2 spiro atoms. The van der Waals surface area contributed by atoms with Gasteiger partial charge in [0.15, 0.2) is 0 Å². The highest BCUT2D eigenvalue weighted by molar-refractivity contribution is 6.53. The Morgan fingerprint density at radius 2 is 1.56 bits per heavy atom. The van der Waals surface area contributed by atoms with Gasteiger partial charge < -0.3 is 4.74 Å². The molecule has 7 atom stereocenters. The monoisotopic (exact) mass is 686 g/mol. The molecule has 250 valence electrons. The van der Waals surface area contributed by atoms with Crippen molar-refractivity contribution in [2.24, 2.45) is 11.3 Å². The molecule has 0 aliphatic heterocycles. The predicted octanol–water partition coefficient (Wildman–Crippen LogP) is 10.6. The lowest BCUT2D eigenvalue weighted by Gasteiger charge is -2.37. The quantitative estimate of drug-likeness (QED) is 0.133. The lowest BCUT2D eigenvalue weighted by atomic mass is 9.64. The van der Waals surface area contributed by atoms with Crippen molar-refractivity contribution in [2.45, 2.75) is 60.7 Å². The Morgan fingerprint density at radius 1 is 0.741 bits per heavy atom. The van der Waals surface area contributed by atoms with E-state index in [0.717, 1.165) is 12.8 Å². The smallest absolute Gasteiger partial charge is 0.305 e. The lowest BCUT2D eigenvalue weighted by molar-refractivity contribution is -0.140. The Kier molecular flexibility index (Phi) is 3.29. The molecule has 0 heterocycles.